The number of methoxy groups -OCH3 is 1. The molecule has 3 heterocycles. The molecule has 0 aliphatic carbocycles. The lowest BCUT2D eigenvalue weighted by molar-refractivity contribution is -0.146. The van der Waals surface area contributed by atoms with E-state index in [1.165, 1.54) is 4.88 Å². The van der Waals surface area contributed by atoms with Gasteiger partial charge in [0.25, 0.3) is 0 Å². The second kappa shape index (κ2) is 11.0. The van der Waals surface area contributed by atoms with Gasteiger partial charge in [0.15, 0.2) is 0 Å². The number of carbonyl (C=O) groups is 1. The van der Waals surface area contributed by atoms with Gasteiger partial charge in [-0.3, -0.25) is 14.7 Å². The summed E-state index contributed by atoms with van der Waals surface area (Å²) < 4.78 is 5.33. The Balaban J connectivity index is 1.38. The van der Waals surface area contributed by atoms with Gasteiger partial charge in [-0.1, -0.05) is 11.8 Å². The summed E-state index contributed by atoms with van der Waals surface area (Å²) in [6.45, 7) is 3.94. The van der Waals surface area contributed by atoms with Gasteiger partial charge in [-0.2, -0.15) is 0 Å². The van der Waals surface area contributed by atoms with E-state index in [-0.39, 0.29) is 5.92 Å². The molecule has 3 atom stereocenters. The smallest absolute Gasteiger partial charge is 0.308 e. The lowest BCUT2D eigenvalue weighted by Crippen LogP contribution is -2.44. The van der Waals surface area contributed by atoms with Crippen molar-refractivity contribution in [3.05, 3.63) is 57.9 Å². The number of ether oxygens (including phenoxy) is 1. The summed E-state index contributed by atoms with van der Waals surface area (Å²) >= 11 is 1.67. The van der Waals surface area contributed by atoms with Gasteiger partial charge in [0.1, 0.15) is 5.75 Å². The van der Waals surface area contributed by atoms with Crippen molar-refractivity contribution < 1.29 is 19.7 Å². The zero-order valence-electron chi connectivity index (χ0n) is 19.5. The van der Waals surface area contributed by atoms with E-state index < -0.39 is 18.0 Å². The van der Waals surface area contributed by atoms with Crippen LogP contribution in [-0.4, -0.2) is 52.8 Å². The zero-order valence-corrected chi connectivity index (χ0v) is 20.3. The molecule has 2 N–H and O–H groups in total. The Labute approximate surface area is 204 Å². The minimum absolute atomic E-state index is 0.0268. The number of piperidine rings is 1. The number of thiophene rings is 1. The van der Waals surface area contributed by atoms with E-state index in [4.69, 9.17) is 4.74 Å². The van der Waals surface area contributed by atoms with Gasteiger partial charge < -0.3 is 14.9 Å². The first-order valence-corrected chi connectivity index (χ1v) is 12.4. The number of carboxylic acids is 1. The van der Waals surface area contributed by atoms with Gasteiger partial charge in [-0.15, -0.1) is 11.3 Å². The second-order valence-corrected chi connectivity index (χ2v) is 10.1. The predicted molar refractivity (Wildman–Crippen MR) is 134 cm³/mol. The number of carboxylic acid groups (broad SMARTS) is 1. The number of aliphatic carboxylic acids is 1. The van der Waals surface area contributed by atoms with Gasteiger partial charge in [0.05, 0.1) is 36.1 Å². The summed E-state index contributed by atoms with van der Waals surface area (Å²) in [4.78, 5) is 20.8. The number of aryl methyl sites for hydroxylation is 1. The molecule has 3 aromatic rings. The number of nitrogens with zero attached hydrogens (tertiary/aromatic N) is 2. The van der Waals surface area contributed by atoms with E-state index in [0.29, 0.717) is 31.7 Å². The number of fused-ring (bicyclic) bond motifs is 1. The van der Waals surface area contributed by atoms with Gasteiger partial charge in [0.2, 0.25) is 0 Å². The number of benzene rings is 1. The summed E-state index contributed by atoms with van der Waals surface area (Å²) in [5.41, 5.74) is 1.60. The molecular formula is C27H30N2O4S. The number of aliphatic hydroxyl groups excluding tert-OH is 1. The summed E-state index contributed by atoms with van der Waals surface area (Å²) in [6.07, 6.45) is 2.95. The Morgan fingerprint density at radius 3 is 2.91 bits per heavy atom. The van der Waals surface area contributed by atoms with Crippen LogP contribution in [0.1, 0.15) is 40.7 Å². The third-order valence-electron chi connectivity index (χ3n) is 6.56. The van der Waals surface area contributed by atoms with E-state index in [2.05, 4.69) is 34.7 Å². The highest BCUT2D eigenvalue weighted by atomic mass is 32.1. The molecule has 0 saturated carbocycles. The van der Waals surface area contributed by atoms with Crippen molar-refractivity contribution in [3.63, 3.8) is 0 Å². The fourth-order valence-electron chi connectivity index (χ4n) is 4.67. The molecule has 7 heteroatoms. The Hall–Kier alpha value is -2.92. The van der Waals surface area contributed by atoms with E-state index in [1.807, 2.05) is 30.3 Å². The van der Waals surface area contributed by atoms with Gasteiger partial charge in [-0.25, -0.2) is 0 Å². The van der Waals surface area contributed by atoms with Crippen molar-refractivity contribution in [2.45, 2.75) is 32.3 Å². The summed E-state index contributed by atoms with van der Waals surface area (Å²) in [7, 11) is 1.61. The Bertz CT molecular complexity index is 1210. The van der Waals surface area contributed by atoms with E-state index in [0.717, 1.165) is 34.3 Å². The van der Waals surface area contributed by atoms with Crippen molar-refractivity contribution in [3.8, 4) is 17.6 Å². The summed E-state index contributed by atoms with van der Waals surface area (Å²) in [5.74, 6) is 5.88. The van der Waals surface area contributed by atoms with E-state index in [9.17, 15) is 15.0 Å². The zero-order chi connectivity index (χ0) is 24.1. The third-order valence-corrected chi connectivity index (χ3v) is 7.48. The van der Waals surface area contributed by atoms with Crippen molar-refractivity contribution in [2.75, 3.05) is 26.7 Å². The minimum Gasteiger partial charge on any atom is -0.497 e. The molecule has 0 radical (unpaired) electrons. The van der Waals surface area contributed by atoms with Crippen LogP contribution in [0.2, 0.25) is 0 Å². The predicted octanol–water partition coefficient (Wildman–Crippen LogP) is 4.50. The van der Waals surface area contributed by atoms with Gasteiger partial charge in [0, 0.05) is 23.0 Å². The quantitative estimate of drug-likeness (QED) is 0.487. The highest BCUT2D eigenvalue weighted by Gasteiger charge is 2.34. The van der Waals surface area contributed by atoms with Crippen LogP contribution in [0.4, 0.5) is 0 Å². The highest BCUT2D eigenvalue weighted by molar-refractivity contribution is 7.12. The highest BCUT2D eigenvalue weighted by Crippen LogP contribution is 2.33. The molecule has 0 bridgehead atoms. The lowest BCUT2D eigenvalue weighted by Gasteiger charge is -2.36. The number of likely N-dealkylation sites (tertiary alicyclic amines) is 1. The van der Waals surface area contributed by atoms with Crippen LogP contribution in [-0.2, 0) is 4.79 Å². The summed E-state index contributed by atoms with van der Waals surface area (Å²) in [6, 6.07) is 11.5. The van der Waals surface area contributed by atoms with Crippen molar-refractivity contribution in [1.29, 1.82) is 0 Å². The molecule has 1 unspecified atom stereocenters. The standard InChI is InChI=1S/C27H30N2O4S/c1-18-5-8-21(34-18)4-3-14-29-15-12-19(24(17-29)27(31)32)6-10-26(30)22-11-13-28-25-9-7-20(33-2)16-23(22)25/h5,7-9,11,13,16,19,24,26,30H,6,10,12,14-15,17H2,1-2H3,(H,31,32)/t19-,24+,26?/m1/s1. The fraction of sp³-hybridized carbons (Fsp3) is 0.407. The van der Waals surface area contributed by atoms with Crippen LogP contribution < -0.4 is 4.74 Å². The SMILES string of the molecule is COc1ccc2nccc(C(O)CC[C@@H]3CCN(CC#Cc4ccc(C)s4)C[C@@H]3C(=O)O)c2c1. The first-order chi connectivity index (χ1) is 16.4. The molecular weight excluding hydrogens is 448 g/mol. The molecule has 178 valence electrons. The number of pyridine rings is 1. The number of aromatic nitrogens is 1. The molecule has 0 spiro atoms. The Morgan fingerprint density at radius 2 is 2.18 bits per heavy atom. The lowest BCUT2D eigenvalue weighted by atomic mass is 9.81. The molecule has 1 fully saturated rings. The van der Waals surface area contributed by atoms with E-state index in [1.54, 1.807) is 24.6 Å². The molecule has 34 heavy (non-hydrogen) atoms. The van der Waals surface area contributed by atoms with Crippen molar-refractivity contribution >= 4 is 28.2 Å². The molecule has 1 saturated heterocycles. The Kier molecular flexibility index (Phi) is 7.84. The molecule has 6 nitrogen and oxygen atoms in total. The molecule has 1 aliphatic heterocycles. The maximum atomic E-state index is 12.0. The molecule has 1 aromatic carbocycles. The molecule has 4 rings (SSSR count). The van der Waals surface area contributed by atoms with Gasteiger partial charge >= 0.3 is 5.97 Å². The first kappa shape index (κ1) is 24.2. The van der Waals surface area contributed by atoms with Crippen molar-refractivity contribution in [2.24, 2.45) is 11.8 Å². The van der Waals surface area contributed by atoms with Crippen LogP contribution in [0, 0.1) is 30.6 Å². The number of aliphatic hydroxyl groups is 1. The second-order valence-electron chi connectivity index (χ2n) is 8.82. The van der Waals surface area contributed by atoms with Crippen LogP contribution in [0.5, 0.6) is 5.75 Å². The monoisotopic (exact) mass is 478 g/mol. The van der Waals surface area contributed by atoms with Crippen molar-refractivity contribution in [1.82, 2.24) is 9.88 Å². The first-order valence-electron chi connectivity index (χ1n) is 11.6. The maximum Gasteiger partial charge on any atom is 0.308 e. The van der Waals surface area contributed by atoms with Crippen LogP contribution >= 0.6 is 11.3 Å². The normalized spacial score (nSPS) is 19.4. The topological polar surface area (TPSA) is 82.9 Å². The molecule has 1 aliphatic rings. The Morgan fingerprint density at radius 1 is 1.32 bits per heavy atom. The van der Waals surface area contributed by atoms with Gasteiger partial charge in [-0.05, 0) is 80.6 Å². The number of hydrogen-bond acceptors (Lipinski definition) is 6. The van der Waals surface area contributed by atoms with Crippen LogP contribution in [0.15, 0.2) is 42.6 Å². The average Bonchev–Trinajstić information content (AvgIpc) is 3.26. The summed E-state index contributed by atoms with van der Waals surface area (Å²) in [5, 5.41) is 21.7. The van der Waals surface area contributed by atoms with Crippen LogP contribution in [0.3, 0.4) is 0 Å². The van der Waals surface area contributed by atoms with E-state index >= 15 is 0 Å². The maximum absolute atomic E-state index is 12.0. The molecule has 0 amide bonds. The average molecular weight is 479 g/mol. The minimum atomic E-state index is -0.773. The van der Waals surface area contributed by atoms with Crippen LogP contribution in [0.25, 0.3) is 10.9 Å². The molecule has 2 aromatic heterocycles. The number of rotatable bonds is 7. The largest absolute Gasteiger partial charge is 0.497 e. The fourth-order valence-corrected chi connectivity index (χ4v) is 5.41. The number of hydrogen-bond donors (Lipinski definition) is 2. The third kappa shape index (κ3) is 5.76.